The summed E-state index contributed by atoms with van der Waals surface area (Å²) in [6.45, 7) is 8.35. The Morgan fingerprint density at radius 3 is 2.25 bits per heavy atom. The van der Waals surface area contributed by atoms with Gasteiger partial charge in [-0.05, 0) is 17.9 Å². The highest BCUT2D eigenvalue weighted by molar-refractivity contribution is 5.90. The molecule has 0 amide bonds. The second-order valence-corrected chi connectivity index (χ2v) is 5.19. The highest BCUT2D eigenvalue weighted by atomic mass is 16.4. The van der Waals surface area contributed by atoms with Gasteiger partial charge in [0.15, 0.2) is 0 Å². The van der Waals surface area contributed by atoms with E-state index >= 15 is 0 Å². The van der Waals surface area contributed by atoms with Crippen molar-refractivity contribution in [2.45, 2.75) is 34.1 Å². The van der Waals surface area contributed by atoms with Crippen LogP contribution in [0.15, 0.2) is 35.5 Å². The predicted molar refractivity (Wildman–Crippen MR) is 68.0 cm³/mol. The Hall–Kier alpha value is -1.31. The first-order valence-corrected chi connectivity index (χ1v) is 5.73. The summed E-state index contributed by atoms with van der Waals surface area (Å²) in [6.07, 6.45) is 0.894. The number of nitrogens with zero attached hydrogens (tertiary/aromatic N) is 1. The van der Waals surface area contributed by atoms with Gasteiger partial charge in [0.05, 0.1) is 5.71 Å². The van der Waals surface area contributed by atoms with E-state index in [4.69, 9.17) is 5.21 Å². The lowest BCUT2D eigenvalue weighted by atomic mass is 9.77. The molecule has 0 radical (unpaired) electrons. The zero-order chi connectivity index (χ0) is 12.2. The number of hydrogen-bond acceptors (Lipinski definition) is 2. The molecule has 2 heteroatoms. The first-order valence-electron chi connectivity index (χ1n) is 5.73. The highest BCUT2D eigenvalue weighted by Crippen LogP contribution is 2.27. The van der Waals surface area contributed by atoms with E-state index in [1.807, 2.05) is 18.2 Å². The second-order valence-electron chi connectivity index (χ2n) is 5.19. The van der Waals surface area contributed by atoms with E-state index in [-0.39, 0.29) is 11.3 Å². The molecule has 16 heavy (non-hydrogen) atoms. The van der Waals surface area contributed by atoms with Crippen LogP contribution in [0, 0.1) is 11.3 Å². The van der Waals surface area contributed by atoms with Crippen LogP contribution in [-0.4, -0.2) is 10.9 Å². The molecule has 0 aliphatic heterocycles. The van der Waals surface area contributed by atoms with Gasteiger partial charge in [0.25, 0.3) is 0 Å². The van der Waals surface area contributed by atoms with Gasteiger partial charge in [0.1, 0.15) is 0 Å². The summed E-state index contributed by atoms with van der Waals surface area (Å²) in [5.74, 6) is 0.267. The minimum atomic E-state index is -0.107. The third-order valence-electron chi connectivity index (χ3n) is 2.84. The summed E-state index contributed by atoms with van der Waals surface area (Å²) in [5, 5.41) is 12.6. The third kappa shape index (κ3) is 3.09. The standard InChI is InChI=1S/C14H21NO/c1-11(2)13(15-16)14(3,4)10-12-8-6-5-7-9-12/h5-9,11,16H,10H2,1-4H3. The van der Waals surface area contributed by atoms with E-state index in [1.165, 1.54) is 5.56 Å². The molecule has 0 heterocycles. The van der Waals surface area contributed by atoms with Gasteiger partial charge in [-0.2, -0.15) is 0 Å². The zero-order valence-corrected chi connectivity index (χ0v) is 10.6. The largest absolute Gasteiger partial charge is 0.411 e. The fourth-order valence-corrected chi connectivity index (χ4v) is 2.23. The van der Waals surface area contributed by atoms with Crippen molar-refractivity contribution in [3.63, 3.8) is 0 Å². The lowest BCUT2D eigenvalue weighted by molar-refractivity contribution is 0.303. The smallest absolute Gasteiger partial charge is 0.0655 e. The Morgan fingerprint density at radius 1 is 1.25 bits per heavy atom. The summed E-state index contributed by atoms with van der Waals surface area (Å²) >= 11 is 0. The van der Waals surface area contributed by atoms with Gasteiger partial charge in [-0.25, -0.2) is 0 Å². The van der Waals surface area contributed by atoms with Crippen molar-refractivity contribution in [1.82, 2.24) is 0 Å². The van der Waals surface area contributed by atoms with Crippen LogP contribution < -0.4 is 0 Å². The molecule has 0 bridgehead atoms. The molecule has 1 N–H and O–H groups in total. The number of benzene rings is 1. The normalized spacial score (nSPS) is 13.2. The maximum Gasteiger partial charge on any atom is 0.0655 e. The van der Waals surface area contributed by atoms with E-state index in [1.54, 1.807) is 0 Å². The minimum absolute atomic E-state index is 0.107. The Morgan fingerprint density at radius 2 is 1.81 bits per heavy atom. The fourth-order valence-electron chi connectivity index (χ4n) is 2.23. The van der Waals surface area contributed by atoms with Gasteiger partial charge in [-0.15, -0.1) is 0 Å². The van der Waals surface area contributed by atoms with Crippen molar-refractivity contribution in [2.24, 2.45) is 16.5 Å². The van der Waals surface area contributed by atoms with Gasteiger partial charge < -0.3 is 5.21 Å². The van der Waals surface area contributed by atoms with Crippen molar-refractivity contribution in [3.05, 3.63) is 35.9 Å². The van der Waals surface area contributed by atoms with Crippen molar-refractivity contribution in [3.8, 4) is 0 Å². The molecule has 1 rings (SSSR count). The molecule has 1 aromatic rings. The molecular weight excluding hydrogens is 198 g/mol. The van der Waals surface area contributed by atoms with Crippen LogP contribution in [0.5, 0.6) is 0 Å². The molecule has 88 valence electrons. The average molecular weight is 219 g/mol. The Bertz CT molecular complexity index is 352. The summed E-state index contributed by atoms with van der Waals surface area (Å²) in [6, 6.07) is 10.3. The number of oxime groups is 1. The van der Waals surface area contributed by atoms with Gasteiger partial charge in [0.2, 0.25) is 0 Å². The van der Waals surface area contributed by atoms with E-state index in [0.717, 1.165) is 12.1 Å². The molecule has 0 saturated carbocycles. The fraction of sp³-hybridized carbons (Fsp3) is 0.500. The quantitative estimate of drug-likeness (QED) is 0.467. The lowest BCUT2D eigenvalue weighted by Crippen LogP contribution is -2.31. The molecule has 1 aromatic carbocycles. The molecule has 0 fully saturated rings. The Balaban J connectivity index is 2.87. The van der Waals surface area contributed by atoms with Gasteiger partial charge in [-0.1, -0.05) is 63.2 Å². The molecule has 0 saturated heterocycles. The molecular formula is C14H21NO. The SMILES string of the molecule is CC(C)C(=NO)C(C)(C)Cc1ccccc1. The Labute approximate surface area is 98.0 Å². The molecule has 0 aliphatic carbocycles. The summed E-state index contributed by atoms with van der Waals surface area (Å²) in [5.41, 5.74) is 2.02. The van der Waals surface area contributed by atoms with E-state index < -0.39 is 0 Å². The zero-order valence-electron chi connectivity index (χ0n) is 10.6. The molecule has 0 spiro atoms. The van der Waals surface area contributed by atoms with Crippen molar-refractivity contribution in [2.75, 3.05) is 0 Å². The Kier molecular flexibility index (Phi) is 4.11. The summed E-state index contributed by atoms with van der Waals surface area (Å²) in [7, 11) is 0. The first-order chi connectivity index (χ1) is 7.47. The van der Waals surface area contributed by atoms with Gasteiger partial charge in [-0.3, -0.25) is 0 Å². The number of rotatable bonds is 4. The summed E-state index contributed by atoms with van der Waals surface area (Å²) < 4.78 is 0. The van der Waals surface area contributed by atoms with E-state index in [0.29, 0.717) is 0 Å². The van der Waals surface area contributed by atoms with Crippen molar-refractivity contribution in [1.29, 1.82) is 0 Å². The monoisotopic (exact) mass is 219 g/mol. The van der Waals surface area contributed by atoms with Crippen LogP contribution in [0.4, 0.5) is 0 Å². The third-order valence-corrected chi connectivity index (χ3v) is 2.84. The van der Waals surface area contributed by atoms with E-state index in [2.05, 4.69) is 45.0 Å². The highest BCUT2D eigenvalue weighted by Gasteiger charge is 2.28. The summed E-state index contributed by atoms with van der Waals surface area (Å²) in [4.78, 5) is 0. The lowest BCUT2D eigenvalue weighted by Gasteiger charge is -2.28. The van der Waals surface area contributed by atoms with Crippen LogP contribution in [0.3, 0.4) is 0 Å². The van der Waals surface area contributed by atoms with Crippen LogP contribution >= 0.6 is 0 Å². The van der Waals surface area contributed by atoms with Crippen molar-refractivity contribution >= 4 is 5.71 Å². The maximum absolute atomic E-state index is 9.10. The molecule has 2 nitrogen and oxygen atoms in total. The van der Waals surface area contributed by atoms with Crippen LogP contribution in [0.25, 0.3) is 0 Å². The van der Waals surface area contributed by atoms with Gasteiger partial charge >= 0.3 is 0 Å². The van der Waals surface area contributed by atoms with Crippen LogP contribution in [0.2, 0.25) is 0 Å². The van der Waals surface area contributed by atoms with Crippen molar-refractivity contribution < 1.29 is 5.21 Å². The number of hydrogen-bond donors (Lipinski definition) is 1. The topological polar surface area (TPSA) is 32.6 Å². The van der Waals surface area contributed by atoms with Gasteiger partial charge in [0, 0.05) is 5.41 Å². The predicted octanol–water partition coefficient (Wildman–Crippen LogP) is 3.74. The minimum Gasteiger partial charge on any atom is -0.411 e. The first kappa shape index (κ1) is 12.8. The molecule has 0 aromatic heterocycles. The van der Waals surface area contributed by atoms with E-state index in [9.17, 15) is 0 Å². The van der Waals surface area contributed by atoms with Crippen LogP contribution in [-0.2, 0) is 6.42 Å². The molecule has 0 unspecified atom stereocenters. The molecule has 0 aliphatic rings. The maximum atomic E-state index is 9.10. The average Bonchev–Trinajstić information content (AvgIpc) is 2.18. The van der Waals surface area contributed by atoms with Crippen LogP contribution in [0.1, 0.15) is 33.3 Å². The molecule has 0 atom stereocenters. The second kappa shape index (κ2) is 5.15.